The number of nitrogens with one attached hydrogen (secondary N) is 3. The van der Waals surface area contributed by atoms with Crippen LogP contribution in [-0.4, -0.2) is 36.4 Å². The van der Waals surface area contributed by atoms with E-state index in [-0.39, 0.29) is 40.8 Å². The highest BCUT2D eigenvalue weighted by Crippen LogP contribution is 2.27. The number of hydrogen-bond acceptors (Lipinski definition) is 4. The standard InChI is InChI=1S/C20H21ClN4O4/c1-24(12-18(26)22-14-7-8-14)19(13-5-3-2-4-6-13)20(27)23-15-9-10-16(21)17(11-15)25(28)29/h2-6,9-11,14,19H,7-8,12H2,1H3,(H,22,26)(H,23,27)/p+1/t19-/m0/s1. The fourth-order valence-corrected chi connectivity index (χ4v) is 3.30. The number of carbonyl (C=O) groups is 2. The molecule has 0 saturated heterocycles. The summed E-state index contributed by atoms with van der Waals surface area (Å²) in [5.41, 5.74) is 0.720. The third kappa shape index (κ3) is 5.52. The lowest BCUT2D eigenvalue weighted by molar-refractivity contribution is -0.894. The molecule has 1 aliphatic rings. The van der Waals surface area contributed by atoms with Crippen LogP contribution < -0.4 is 15.5 Å². The average molecular weight is 418 g/mol. The number of benzene rings is 2. The Morgan fingerprint density at radius 1 is 1.24 bits per heavy atom. The van der Waals surface area contributed by atoms with Crippen LogP contribution in [0.4, 0.5) is 11.4 Å². The van der Waals surface area contributed by atoms with Crippen molar-refractivity contribution in [2.45, 2.75) is 24.9 Å². The number of likely N-dealkylation sites (N-methyl/N-ethyl adjacent to an activating group) is 1. The van der Waals surface area contributed by atoms with Crippen LogP contribution in [0.2, 0.25) is 5.02 Å². The van der Waals surface area contributed by atoms with Crippen LogP contribution in [0, 0.1) is 10.1 Å². The molecule has 0 spiro atoms. The van der Waals surface area contributed by atoms with Gasteiger partial charge in [0.05, 0.1) is 12.0 Å². The second-order valence-electron chi connectivity index (χ2n) is 7.12. The highest BCUT2D eigenvalue weighted by atomic mass is 35.5. The molecule has 0 aliphatic heterocycles. The minimum Gasteiger partial charge on any atom is -0.348 e. The molecule has 152 valence electrons. The van der Waals surface area contributed by atoms with Gasteiger partial charge in [-0.1, -0.05) is 41.9 Å². The minimum atomic E-state index is -0.670. The maximum atomic E-state index is 13.1. The molecule has 2 aromatic rings. The summed E-state index contributed by atoms with van der Waals surface area (Å²) in [5.74, 6) is -0.481. The lowest BCUT2D eigenvalue weighted by Crippen LogP contribution is -3.11. The van der Waals surface area contributed by atoms with Crippen molar-refractivity contribution in [2.75, 3.05) is 18.9 Å². The molecular weight excluding hydrogens is 396 g/mol. The summed E-state index contributed by atoms with van der Waals surface area (Å²) in [6.45, 7) is 0.129. The number of quaternary nitrogens is 1. The number of nitro groups is 1. The average Bonchev–Trinajstić information content (AvgIpc) is 3.47. The van der Waals surface area contributed by atoms with Crippen LogP contribution in [0.5, 0.6) is 0 Å². The predicted molar refractivity (Wildman–Crippen MR) is 109 cm³/mol. The van der Waals surface area contributed by atoms with Gasteiger partial charge in [-0.15, -0.1) is 0 Å². The van der Waals surface area contributed by atoms with E-state index in [9.17, 15) is 19.7 Å². The monoisotopic (exact) mass is 417 g/mol. The van der Waals surface area contributed by atoms with Gasteiger partial charge in [-0.05, 0) is 25.0 Å². The molecule has 1 saturated carbocycles. The molecule has 0 heterocycles. The first kappa shape index (κ1) is 20.8. The fraction of sp³-hybridized carbons (Fsp3) is 0.300. The number of hydrogen-bond donors (Lipinski definition) is 3. The number of anilines is 1. The van der Waals surface area contributed by atoms with Crippen LogP contribution in [0.25, 0.3) is 0 Å². The molecule has 29 heavy (non-hydrogen) atoms. The van der Waals surface area contributed by atoms with Crippen LogP contribution in [0.1, 0.15) is 24.4 Å². The molecule has 1 aliphatic carbocycles. The third-order valence-corrected chi connectivity index (χ3v) is 5.00. The van der Waals surface area contributed by atoms with Gasteiger partial charge in [-0.2, -0.15) is 0 Å². The first-order valence-electron chi connectivity index (χ1n) is 9.26. The highest BCUT2D eigenvalue weighted by molar-refractivity contribution is 6.32. The fourth-order valence-electron chi connectivity index (χ4n) is 3.11. The Bertz CT molecular complexity index is 918. The highest BCUT2D eigenvalue weighted by Gasteiger charge is 2.32. The zero-order valence-electron chi connectivity index (χ0n) is 15.9. The number of rotatable bonds is 8. The number of halogens is 1. The van der Waals surface area contributed by atoms with Gasteiger partial charge in [-0.25, -0.2) is 0 Å². The number of carbonyl (C=O) groups excluding carboxylic acids is 2. The normalized spacial score (nSPS) is 15.2. The summed E-state index contributed by atoms with van der Waals surface area (Å²) < 4.78 is 0. The lowest BCUT2D eigenvalue weighted by atomic mass is 10.0. The van der Waals surface area contributed by atoms with Gasteiger partial charge in [-0.3, -0.25) is 19.7 Å². The second-order valence-corrected chi connectivity index (χ2v) is 7.53. The van der Waals surface area contributed by atoms with Crippen LogP contribution in [-0.2, 0) is 9.59 Å². The largest absolute Gasteiger partial charge is 0.348 e. The van der Waals surface area contributed by atoms with Crippen LogP contribution in [0.15, 0.2) is 48.5 Å². The molecule has 3 N–H and O–H groups in total. The SMILES string of the molecule is C[NH+](CC(=O)NC1CC1)[C@H](C(=O)Nc1ccc(Cl)c([N+](=O)[O-])c1)c1ccccc1. The first-order chi connectivity index (χ1) is 13.8. The number of nitro benzene ring substituents is 1. The first-order valence-corrected chi connectivity index (χ1v) is 9.64. The van der Waals surface area contributed by atoms with Crippen molar-refractivity contribution in [1.82, 2.24) is 5.32 Å². The Morgan fingerprint density at radius 2 is 1.93 bits per heavy atom. The van der Waals surface area contributed by atoms with Crippen molar-refractivity contribution in [3.63, 3.8) is 0 Å². The summed E-state index contributed by atoms with van der Waals surface area (Å²) in [4.78, 5) is 36.5. The van der Waals surface area contributed by atoms with Gasteiger partial charge in [0.1, 0.15) is 5.02 Å². The van der Waals surface area contributed by atoms with Gasteiger partial charge in [0.2, 0.25) is 0 Å². The molecule has 0 bridgehead atoms. The quantitative estimate of drug-likeness (QED) is 0.449. The van der Waals surface area contributed by atoms with Crippen molar-refractivity contribution < 1.29 is 19.4 Å². The van der Waals surface area contributed by atoms with Crippen molar-refractivity contribution in [2.24, 2.45) is 0 Å². The molecular formula is C20H22ClN4O4+. The zero-order chi connectivity index (χ0) is 21.0. The Balaban J connectivity index is 1.79. The number of amides is 2. The zero-order valence-corrected chi connectivity index (χ0v) is 16.6. The molecule has 8 nitrogen and oxygen atoms in total. The van der Waals surface area contributed by atoms with Gasteiger partial charge < -0.3 is 15.5 Å². The summed E-state index contributed by atoms with van der Waals surface area (Å²) in [7, 11) is 1.77. The number of nitrogens with zero attached hydrogens (tertiary/aromatic N) is 1. The van der Waals surface area contributed by atoms with Crippen LogP contribution >= 0.6 is 11.6 Å². The maximum Gasteiger partial charge on any atom is 0.289 e. The predicted octanol–water partition coefficient (Wildman–Crippen LogP) is 1.72. The van der Waals surface area contributed by atoms with Crippen molar-refractivity contribution in [1.29, 1.82) is 0 Å². The molecule has 3 rings (SSSR count). The van der Waals surface area contributed by atoms with Gasteiger partial charge in [0.25, 0.3) is 17.5 Å². The summed E-state index contributed by atoms with van der Waals surface area (Å²) in [6, 6.07) is 12.8. The van der Waals surface area contributed by atoms with E-state index in [0.29, 0.717) is 4.90 Å². The third-order valence-electron chi connectivity index (χ3n) is 4.68. The van der Waals surface area contributed by atoms with E-state index in [2.05, 4.69) is 10.6 Å². The van der Waals surface area contributed by atoms with Gasteiger partial charge in [0, 0.05) is 23.4 Å². The topological polar surface area (TPSA) is 106 Å². The van der Waals surface area contributed by atoms with Crippen LogP contribution in [0.3, 0.4) is 0 Å². The van der Waals surface area contributed by atoms with E-state index in [1.165, 1.54) is 18.2 Å². The Labute approximate surface area is 173 Å². The van der Waals surface area contributed by atoms with Gasteiger partial charge in [0.15, 0.2) is 12.6 Å². The molecule has 1 unspecified atom stereocenters. The smallest absolute Gasteiger partial charge is 0.289 e. The lowest BCUT2D eigenvalue weighted by Gasteiger charge is -2.24. The molecule has 0 aromatic heterocycles. The molecule has 2 atom stereocenters. The van der Waals surface area contributed by atoms with E-state index < -0.39 is 11.0 Å². The summed E-state index contributed by atoms with van der Waals surface area (Å²) in [5, 5.41) is 16.7. The molecule has 2 amide bonds. The second kappa shape index (κ2) is 9.02. The van der Waals surface area contributed by atoms with E-state index in [4.69, 9.17) is 11.6 Å². The van der Waals surface area contributed by atoms with E-state index >= 15 is 0 Å². The van der Waals surface area contributed by atoms with E-state index in [1.54, 1.807) is 7.05 Å². The minimum absolute atomic E-state index is 0.00732. The van der Waals surface area contributed by atoms with Gasteiger partial charge >= 0.3 is 0 Å². The van der Waals surface area contributed by atoms with Crippen molar-refractivity contribution >= 4 is 34.8 Å². The Kier molecular flexibility index (Phi) is 6.46. The molecule has 1 fully saturated rings. The Hall–Kier alpha value is -2.97. The van der Waals surface area contributed by atoms with E-state index in [0.717, 1.165) is 18.4 Å². The molecule has 2 aromatic carbocycles. The van der Waals surface area contributed by atoms with Crippen molar-refractivity contribution in [3.8, 4) is 0 Å². The molecule has 0 radical (unpaired) electrons. The Morgan fingerprint density at radius 3 is 2.55 bits per heavy atom. The summed E-state index contributed by atoms with van der Waals surface area (Å²) >= 11 is 5.84. The summed E-state index contributed by atoms with van der Waals surface area (Å²) in [6.07, 6.45) is 1.98. The maximum absolute atomic E-state index is 13.1. The van der Waals surface area contributed by atoms with Crippen molar-refractivity contribution in [3.05, 3.63) is 69.2 Å². The van der Waals surface area contributed by atoms with E-state index in [1.807, 2.05) is 30.3 Å². The molecule has 9 heteroatoms.